The summed E-state index contributed by atoms with van der Waals surface area (Å²) in [5, 5.41) is 8.32. The van der Waals surface area contributed by atoms with Crippen LogP contribution in [-0.2, 0) is 16.1 Å². The van der Waals surface area contributed by atoms with Crippen molar-refractivity contribution < 1.29 is 14.0 Å². The third-order valence-corrected chi connectivity index (χ3v) is 4.75. The Balaban J connectivity index is 1.61. The van der Waals surface area contributed by atoms with Gasteiger partial charge in [-0.05, 0) is 17.7 Å². The third kappa shape index (κ3) is 5.68. The van der Waals surface area contributed by atoms with Crippen LogP contribution in [0, 0.1) is 0 Å². The maximum Gasteiger partial charge on any atom is 0.277 e. The fraction of sp³-hybridized carbons (Fsp3) is 0.200. The minimum Gasteiger partial charge on any atom is -0.411 e. The van der Waals surface area contributed by atoms with Crippen LogP contribution in [0.15, 0.2) is 70.3 Å². The van der Waals surface area contributed by atoms with E-state index in [0.717, 1.165) is 11.1 Å². The fourth-order valence-electron chi connectivity index (χ4n) is 2.52. The maximum atomic E-state index is 12.7. The fourth-order valence-corrected chi connectivity index (χ4v) is 3.19. The third-order valence-electron chi connectivity index (χ3n) is 3.94. The SMILES string of the molecule is NC(=O)CCN(Cc1ccccc1)C(=O)CSc1nnc(-c2ccccc2)o1. The number of nitrogens with two attached hydrogens (primary N) is 1. The number of hydrogen-bond donors (Lipinski definition) is 1. The predicted octanol–water partition coefficient (Wildman–Crippen LogP) is 2.73. The number of aromatic nitrogens is 2. The van der Waals surface area contributed by atoms with Crippen molar-refractivity contribution in [1.29, 1.82) is 0 Å². The molecular formula is C20H20N4O3S. The summed E-state index contributed by atoms with van der Waals surface area (Å²) >= 11 is 1.17. The standard InChI is InChI=1S/C20H20N4O3S/c21-17(25)11-12-24(13-15-7-3-1-4-8-15)18(26)14-28-20-23-22-19(27-20)16-9-5-2-6-10-16/h1-10H,11-14H2,(H2,21,25). The van der Waals surface area contributed by atoms with Crippen LogP contribution >= 0.6 is 11.8 Å². The van der Waals surface area contributed by atoms with Crippen molar-refractivity contribution >= 4 is 23.6 Å². The van der Waals surface area contributed by atoms with Gasteiger partial charge in [0.15, 0.2) is 0 Å². The lowest BCUT2D eigenvalue weighted by molar-refractivity contribution is -0.129. The number of carbonyl (C=O) groups excluding carboxylic acids is 2. The summed E-state index contributed by atoms with van der Waals surface area (Å²) < 4.78 is 5.61. The van der Waals surface area contributed by atoms with Crippen LogP contribution in [0.5, 0.6) is 0 Å². The molecule has 8 heteroatoms. The summed E-state index contributed by atoms with van der Waals surface area (Å²) in [6, 6.07) is 19.0. The second kappa shape index (κ2) is 9.70. The summed E-state index contributed by atoms with van der Waals surface area (Å²) in [4.78, 5) is 25.4. The lowest BCUT2D eigenvalue weighted by Gasteiger charge is -2.22. The first kappa shape index (κ1) is 19.6. The quantitative estimate of drug-likeness (QED) is 0.558. The van der Waals surface area contributed by atoms with E-state index in [0.29, 0.717) is 17.7 Å². The van der Waals surface area contributed by atoms with E-state index in [1.807, 2.05) is 60.7 Å². The second-order valence-corrected chi connectivity index (χ2v) is 6.97. The average molecular weight is 396 g/mol. The van der Waals surface area contributed by atoms with Crippen molar-refractivity contribution in [2.75, 3.05) is 12.3 Å². The van der Waals surface area contributed by atoms with Gasteiger partial charge in [0.2, 0.25) is 17.7 Å². The molecule has 0 aliphatic heterocycles. The number of nitrogens with zero attached hydrogens (tertiary/aromatic N) is 3. The number of carbonyl (C=O) groups is 2. The Morgan fingerprint density at radius 2 is 1.68 bits per heavy atom. The maximum absolute atomic E-state index is 12.7. The van der Waals surface area contributed by atoms with Gasteiger partial charge in [0, 0.05) is 25.1 Å². The van der Waals surface area contributed by atoms with Crippen LogP contribution < -0.4 is 5.73 Å². The lowest BCUT2D eigenvalue weighted by atomic mass is 10.2. The van der Waals surface area contributed by atoms with E-state index in [9.17, 15) is 9.59 Å². The zero-order chi connectivity index (χ0) is 19.8. The van der Waals surface area contributed by atoms with E-state index in [4.69, 9.17) is 10.2 Å². The largest absolute Gasteiger partial charge is 0.411 e. The van der Waals surface area contributed by atoms with Gasteiger partial charge in [0.25, 0.3) is 5.22 Å². The molecule has 2 aromatic carbocycles. The predicted molar refractivity (Wildman–Crippen MR) is 106 cm³/mol. The molecule has 0 fully saturated rings. The normalized spacial score (nSPS) is 10.6. The number of amides is 2. The first-order valence-corrected chi connectivity index (χ1v) is 9.72. The molecule has 0 aliphatic rings. The van der Waals surface area contributed by atoms with Gasteiger partial charge >= 0.3 is 0 Å². The highest BCUT2D eigenvalue weighted by Crippen LogP contribution is 2.23. The summed E-state index contributed by atoms with van der Waals surface area (Å²) in [7, 11) is 0. The van der Waals surface area contributed by atoms with E-state index in [2.05, 4.69) is 10.2 Å². The van der Waals surface area contributed by atoms with Gasteiger partial charge in [-0.1, -0.05) is 60.3 Å². The average Bonchev–Trinajstić information content (AvgIpc) is 3.20. The Labute approximate surface area is 166 Å². The van der Waals surface area contributed by atoms with Crippen molar-refractivity contribution in [3.63, 3.8) is 0 Å². The number of thioether (sulfide) groups is 1. The highest BCUT2D eigenvalue weighted by Gasteiger charge is 2.17. The molecule has 7 nitrogen and oxygen atoms in total. The molecule has 0 saturated carbocycles. The zero-order valence-corrected chi connectivity index (χ0v) is 16.0. The van der Waals surface area contributed by atoms with Crippen molar-refractivity contribution in [3.8, 4) is 11.5 Å². The molecular weight excluding hydrogens is 376 g/mol. The highest BCUT2D eigenvalue weighted by molar-refractivity contribution is 7.99. The minimum absolute atomic E-state index is 0.113. The van der Waals surface area contributed by atoms with Gasteiger partial charge in [-0.3, -0.25) is 9.59 Å². The molecule has 0 atom stereocenters. The van der Waals surface area contributed by atoms with Crippen molar-refractivity contribution in [2.24, 2.45) is 5.73 Å². The summed E-state index contributed by atoms with van der Waals surface area (Å²) in [5.74, 6) is -0.0370. The Bertz CT molecular complexity index is 915. The second-order valence-electron chi connectivity index (χ2n) is 6.05. The Kier molecular flexibility index (Phi) is 6.80. The van der Waals surface area contributed by atoms with Gasteiger partial charge in [0.1, 0.15) is 0 Å². The molecule has 0 saturated heterocycles. The first-order valence-electron chi connectivity index (χ1n) is 8.73. The molecule has 3 rings (SSSR count). The smallest absolute Gasteiger partial charge is 0.277 e. The number of rotatable bonds is 9. The van der Waals surface area contributed by atoms with Gasteiger partial charge in [-0.15, -0.1) is 10.2 Å². The van der Waals surface area contributed by atoms with Crippen molar-refractivity contribution in [3.05, 3.63) is 66.2 Å². The Hall–Kier alpha value is -3.13. The molecule has 0 aliphatic carbocycles. The number of hydrogen-bond acceptors (Lipinski definition) is 6. The Morgan fingerprint density at radius 1 is 1.00 bits per heavy atom. The minimum atomic E-state index is -0.442. The molecule has 0 radical (unpaired) electrons. The Morgan fingerprint density at radius 3 is 2.36 bits per heavy atom. The molecule has 2 amide bonds. The van der Waals surface area contributed by atoms with Gasteiger partial charge in [-0.2, -0.15) is 0 Å². The lowest BCUT2D eigenvalue weighted by Crippen LogP contribution is -2.34. The highest BCUT2D eigenvalue weighted by atomic mass is 32.2. The van der Waals surface area contributed by atoms with Gasteiger partial charge in [-0.25, -0.2) is 0 Å². The molecule has 2 N–H and O–H groups in total. The monoisotopic (exact) mass is 396 g/mol. The molecule has 0 unspecified atom stereocenters. The van der Waals surface area contributed by atoms with Gasteiger partial charge in [0.05, 0.1) is 5.75 Å². The molecule has 3 aromatic rings. The van der Waals surface area contributed by atoms with Crippen LogP contribution in [0.4, 0.5) is 0 Å². The molecule has 28 heavy (non-hydrogen) atoms. The van der Waals surface area contributed by atoms with E-state index in [1.165, 1.54) is 11.8 Å². The van der Waals surface area contributed by atoms with E-state index >= 15 is 0 Å². The van der Waals surface area contributed by atoms with Crippen LogP contribution in [0.25, 0.3) is 11.5 Å². The molecule has 1 aromatic heterocycles. The molecule has 1 heterocycles. The number of benzene rings is 2. The molecule has 0 bridgehead atoms. The van der Waals surface area contributed by atoms with E-state index in [-0.39, 0.29) is 24.6 Å². The first-order chi connectivity index (χ1) is 13.6. The van der Waals surface area contributed by atoms with Crippen LogP contribution in [0.3, 0.4) is 0 Å². The van der Waals surface area contributed by atoms with E-state index < -0.39 is 5.91 Å². The van der Waals surface area contributed by atoms with E-state index in [1.54, 1.807) is 4.90 Å². The van der Waals surface area contributed by atoms with Crippen LogP contribution in [0.1, 0.15) is 12.0 Å². The molecule has 144 valence electrons. The van der Waals surface area contributed by atoms with Crippen LogP contribution in [0.2, 0.25) is 0 Å². The summed E-state index contributed by atoms with van der Waals surface area (Å²) in [6.45, 7) is 0.676. The van der Waals surface area contributed by atoms with Crippen molar-refractivity contribution in [2.45, 2.75) is 18.2 Å². The zero-order valence-electron chi connectivity index (χ0n) is 15.2. The van der Waals surface area contributed by atoms with Gasteiger partial charge < -0.3 is 15.1 Å². The topological polar surface area (TPSA) is 102 Å². The van der Waals surface area contributed by atoms with Crippen LogP contribution in [-0.4, -0.2) is 39.2 Å². The summed E-state index contributed by atoms with van der Waals surface area (Å²) in [6.07, 6.45) is 0.113. The van der Waals surface area contributed by atoms with Crippen molar-refractivity contribution in [1.82, 2.24) is 15.1 Å². The summed E-state index contributed by atoms with van der Waals surface area (Å²) in [5.41, 5.74) is 7.04. The number of primary amides is 1. The molecule has 0 spiro atoms.